The van der Waals surface area contributed by atoms with Crippen molar-refractivity contribution in [3.63, 3.8) is 0 Å². The highest BCUT2D eigenvalue weighted by molar-refractivity contribution is 5.38. The zero-order chi connectivity index (χ0) is 10.2. The summed E-state index contributed by atoms with van der Waals surface area (Å²) >= 11 is 0. The summed E-state index contributed by atoms with van der Waals surface area (Å²) in [5.74, 6) is 6.94. The maximum atomic E-state index is 5.33. The van der Waals surface area contributed by atoms with E-state index < -0.39 is 0 Å². The minimum atomic E-state index is 0.699. The third-order valence-electron chi connectivity index (χ3n) is 1.66. The van der Waals surface area contributed by atoms with Crippen LogP contribution in [0, 0.1) is 11.8 Å². The lowest BCUT2D eigenvalue weighted by molar-refractivity contribution is 0.340. The number of ether oxygens (including phenoxy) is 1. The van der Waals surface area contributed by atoms with Crippen LogP contribution < -0.4 is 10.1 Å². The summed E-state index contributed by atoms with van der Waals surface area (Å²) in [4.78, 5) is 0. The maximum absolute atomic E-state index is 5.33. The first-order valence-corrected chi connectivity index (χ1v) is 4.73. The summed E-state index contributed by atoms with van der Waals surface area (Å²) in [7, 11) is 1.88. The first-order chi connectivity index (χ1) is 6.86. The van der Waals surface area contributed by atoms with Crippen LogP contribution in [0.25, 0.3) is 0 Å². The van der Waals surface area contributed by atoms with Crippen molar-refractivity contribution in [3.05, 3.63) is 29.8 Å². The van der Waals surface area contributed by atoms with Crippen molar-refractivity contribution in [2.45, 2.75) is 6.92 Å². The quantitative estimate of drug-likeness (QED) is 0.730. The Bertz CT molecular complexity index is 318. The normalized spacial score (nSPS) is 9.00. The average Bonchev–Trinajstić information content (AvgIpc) is 2.21. The summed E-state index contributed by atoms with van der Waals surface area (Å²) < 4.78 is 5.33. The van der Waals surface area contributed by atoms with E-state index in [1.165, 1.54) is 0 Å². The van der Waals surface area contributed by atoms with Crippen molar-refractivity contribution in [1.29, 1.82) is 0 Å². The Morgan fingerprint density at radius 1 is 1.29 bits per heavy atom. The monoisotopic (exact) mass is 189 g/mol. The molecule has 74 valence electrons. The van der Waals surface area contributed by atoms with Gasteiger partial charge >= 0.3 is 0 Å². The Labute approximate surface area is 85.3 Å². The number of rotatable bonds is 3. The van der Waals surface area contributed by atoms with Crippen LogP contribution in [0.4, 0.5) is 0 Å². The fraction of sp³-hybridized carbons (Fsp3) is 0.333. The molecule has 0 amide bonds. The Morgan fingerprint density at radius 3 is 2.57 bits per heavy atom. The third-order valence-corrected chi connectivity index (χ3v) is 1.66. The molecule has 0 saturated carbocycles. The molecule has 2 nitrogen and oxygen atoms in total. The van der Waals surface area contributed by atoms with Crippen molar-refractivity contribution < 1.29 is 4.74 Å². The van der Waals surface area contributed by atoms with Gasteiger partial charge in [-0.1, -0.05) is 11.8 Å². The van der Waals surface area contributed by atoms with Crippen LogP contribution in [-0.2, 0) is 0 Å². The molecule has 0 bridgehead atoms. The van der Waals surface area contributed by atoms with Gasteiger partial charge in [0.1, 0.15) is 5.75 Å². The van der Waals surface area contributed by atoms with Crippen LogP contribution in [0.3, 0.4) is 0 Å². The van der Waals surface area contributed by atoms with Crippen LogP contribution in [0.2, 0.25) is 0 Å². The second kappa shape index (κ2) is 6.06. The highest BCUT2D eigenvalue weighted by atomic mass is 16.5. The molecule has 0 fully saturated rings. The molecule has 0 aliphatic carbocycles. The maximum Gasteiger partial charge on any atom is 0.119 e. The van der Waals surface area contributed by atoms with Gasteiger partial charge in [0.2, 0.25) is 0 Å². The fourth-order valence-electron chi connectivity index (χ4n) is 1.04. The van der Waals surface area contributed by atoms with Gasteiger partial charge in [-0.15, -0.1) is 0 Å². The lowest BCUT2D eigenvalue weighted by atomic mass is 10.2. The summed E-state index contributed by atoms with van der Waals surface area (Å²) in [5.41, 5.74) is 1.02. The molecule has 0 atom stereocenters. The van der Waals surface area contributed by atoms with E-state index in [1.807, 2.05) is 38.2 Å². The minimum absolute atomic E-state index is 0.699. The molecule has 2 heteroatoms. The molecule has 1 aromatic carbocycles. The van der Waals surface area contributed by atoms with Gasteiger partial charge in [-0.05, 0) is 38.2 Å². The molecule has 1 N–H and O–H groups in total. The Balaban J connectivity index is 2.60. The number of benzene rings is 1. The van der Waals surface area contributed by atoms with E-state index >= 15 is 0 Å². The van der Waals surface area contributed by atoms with Crippen molar-refractivity contribution in [2.24, 2.45) is 0 Å². The lowest BCUT2D eigenvalue weighted by Crippen LogP contribution is -2.04. The smallest absolute Gasteiger partial charge is 0.119 e. The summed E-state index contributed by atoms with van der Waals surface area (Å²) in [6.07, 6.45) is 0. The van der Waals surface area contributed by atoms with Crippen molar-refractivity contribution in [2.75, 3.05) is 20.2 Å². The molecule has 1 rings (SSSR count). The van der Waals surface area contributed by atoms with Gasteiger partial charge in [-0.2, -0.15) is 0 Å². The molecular weight excluding hydrogens is 174 g/mol. The average molecular weight is 189 g/mol. The summed E-state index contributed by atoms with van der Waals surface area (Å²) in [5, 5.41) is 2.97. The molecular formula is C12H15NO. The Morgan fingerprint density at radius 2 is 2.00 bits per heavy atom. The number of nitrogens with one attached hydrogen (secondary N) is 1. The molecule has 0 aromatic heterocycles. The fourth-order valence-corrected chi connectivity index (χ4v) is 1.04. The predicted molar refractivity (Wildman–Crippen MR) is 58.4 cm³/mol. The van der Waals surface area contributed by atoms with Crippen LogP contribution >= 0.6 is 0 Å². The van der Waals surface area contributed by atoms with Crippen LogP contribution in [0.15, 0.2) is 24.3 Å². The standard InChI is InChI=1S/C12H15NO/c1-3-14-12-8-6-11(7-9-12)5-4-10-13-2/h6-9,13H,3,10H2,1-2H3. The van der Waals surface area contributed by atoms with Gasteiger partial charge in [0.05, 0.1) is 13.2 Å². The van der Waals surface area contributed by atoms with Gasteiger partial charge in [0, 0.05) is 5.56 Å². The van der Waals surface area contributed by atoms with Crippen molar-refractivity contribution in [1.82, 2.24) is 5.32 Å². The van der Waals surface area contributed by atoms with Gasteiger partial charge in [-0.25, -0.2) is 0 Å². The third kappa shape index (κ3) is 3.51. The molecule has 0 spiro atoms. The van der Waals surface area contributed by atoms with E-state index in [0.717, 1.165) is 11.3 Å². The highest BCUT2D eigenvalue weighted by Crippen LogP contribution is 2.10. The first kappa shape index (κ1) is 10.6. The zero-order valence-electron chi connectivity index (χ0n) is 8.63. The predicted octanol–water partition coefficient (Wildman–Crippen LogP) is 1.66. The van der Waals surface area contributed by atoms with Gasteiger partial charge in [0.15, 0.2) is 0 Å². The molecule has 0 aliphatic heterocycles. The van der Waals surface area contributed by atoms with Crippen LogP contribution in [-0.4, -0.2) is 20.2 Å². The summed E-state index contributed by atoms with van der Waals surface area (Å²) in [6.45, 7) is 3.39. The molecule has 1 aromatic rings. The topological polar surface area (TPSA) is 21.3 Å². The lowest BCUT2D eigenvalue weighted by Gasteiger charge is -2.01. The Hall–Kier alpha value is -1.46. The van der Waals surface area contributed by atoms with Crippen molar-refractivity contribution >= 4 is 0 Å². The molecule has 14 heavy (non-hydrogen) atoms. The van der Waals surface area contributed by atoms with Crippen LogP contribution in [0.1, 0.15) is 12.5 Å². The molecule has 0 unspecified atom stereocenters. The molecule has 0 saturated heterocycles. The summed E-state index contributed by atoms with van der Waals surface area (Å²) in [6, 6.07) is 7.81. The Kier molecular flexibility index (Phi) is 4.60. The SMILES string of the molecule is CCOc1ccc(C#CCNC)cc1. The van der Waals surface area contributed by atoms with Crippen molar-refractivity contribution in [3.8, 4) is 17.6 Å². The second-order valence-electron chi connectivity index (χ2n) is 2.79. The van der Waals surface area contributed by atoms with E-state index in [-0.39, 0.29) is 0 Å². The molecule has 0 aliphatic rings. The molecule has 0 radical (unpaired) electrons. The number of hydrogen-bond acceptors (Lipinski definition) is 2. The molecule has 0 heterocycles. The van der Waals surface area contributed by atoms with Crippen LogP contribution in [0.5, 0.6) is 5.75 Å². The minimum Gasteiger partial charge on any atom is -0.494 e. The zero-order valence-corrected chi connectivity index (χ0v) is 8.63. The largest absolute Gasteiger partial charge is 0.494 e. The van der Waals surface area contributed by atoms with E-state index in [9.17, 15) is 0 Å². The van der Waals surface area contributed by atoms with Gasteiger partial charge in [-0.3, -0.25) is 0 Å². The van der Waals surface area contributed by atoms with Gasteiger partial charge < -0.3 is 10.1 Å². The first-order valence-electron chi connectivity index (χ1n) is 4.73. The number of hydrogen-bond donors (Lipinski definition) is 1. The van der Waals surface area contributed by atoms with Gasteiger partial charge in [0.25, 0.3) is 0 Å². The van der Waals surface area contributed by atoms with E-state index in [4.69, 9.17) is 4.74 Å². The second-order valence-corrected chi connectivity index (χ2v) is 2.79. The highest BCUT2D eigenvalue weighted by Gasteiger charge is 1.90. The van der Waals surface area contributed by atoms with E-state index in [0.29, 0.717) is 13.2 Å². The van der Waals surface area contributed by atoms with E-state index in [1.54, 1.807) is 0 Å². The van der Waals surface area contributed by atoms with E-state index in [2.05, 4.69) is 17.2 Å².